The van der Waals surface area contributed by atoms with E-state index >= 15 is 0 Å². The maximum absolute atomic E-state index is 10.4. The van der Waals surface area contributed by atoms with Gasteiger partial charge in [-0.15, -0.1) is 0 Å². The molecule has 0 atom stereocenters. The van der Waals surface area contributed by atoms with Crippen LogP contribution in [0.25, 0.3) is 0 Å². The van der Waals surface area contributed by atoms with E-state index < -0.39 is 20.8 Å². The lowest BCUT2D eigenvalue weighted by atomic mass is 10.1. The van der Waals surface area contributed by atoms with E-state index in [0.29, 0.717) is 12.0 Å². The number of amides is 1. The predicted molar refractivity (Wildman–Crippen MR) is 59.9 cm³/mol. The molecule has 6 heteroatoms. The zero-order valence-electron chi connectivity index (χ0n) is 9.57. The normalized spacial score (nSPS) is 11.3. The van der Waals surface area contributed by atoms with Crippen LogP contribution >= 0.6 is 0 Å². The lowest BCUT2D eigenvalue weighted by Crippen LogP contribution is -2.29. The van der Waals surface area contributed by atoms with Crippen LogP contribution in [0.4, 0.5) is 0 Å². The second-order valence-electron chi connectivity index (χ2n) is 3.73. The van der Waals surface area contributed by atoms with E-state index in [1.165, 1.54) is 13.8 Å². The summed E-state index contributed by atoms with van der Waals surface area (Å²) < 4.78 is 28.4. The molecule has 90 valence electrons. The van der Waals surface area contributed by atoms with E-state index in [9.17, 15) is 13.2 Å². The highest BCUT2D eigenvalue weighted by Crippen LogP contribution is 2.17. The Morgan fingerprint density at radius 1 is 1.47 bits per heavy atom. The molecule has 0 bridgehead atoms. The van der Waals surface area contributed by atoms with Crippen molar-refractivity contribution < 1.29 is 17.8 Å². The number of rotatable bonds is 3. The number of primary amides is 1. The molecule has 0 unspecified atom stereocenters. The minimum Gasteiger partial charge on any atom is -0.366 e. The van der Waals surface area contributed by atoms with Crippen molar-refractivity contribution in [3.63, 3.8) is 0 Å². The second-order valence-corrected chi connectivity index (χ2v) is 5.79. The minimum atomic E-state index is -3.85. The molecule has 5 nitrogen and oxygen atoms in total. The molecule has 0 aliphatic heterocycles. The fourth-order valence-electron chi connectivity index (χ4n) is 0.182. The van der Waals surface area contributed by atoms with Gasteiger partial charge in [-0.1, -0.05) is 13.5 Å². The Balaban J connectivity index is 0. The summed E-state index contributed by atoms with van der Waals surface area (Å²) in [7, 11) is -3.85. The monoisotopic (exact) mass is 237 g/mol. The molecule has 0 spiro atoms. The van der Waals surface area contributed by atoms with Crippen molar-refractivity contribution in [3.8, 4) is 0 Å². The fraction of sp³-hybridized carbons (Fsp3) is 0.667. The third-order valence-corrected chi connectivity index (χ3v) is 3.66. The Labute approximate surface area is 91.1 Å². The molecule has 0 aromatic heterocycles. The Morgan fingerprint density at radius 2 is 1.73 bits per heavy atom. The van der Waals surface area contributed by atoms with Crippen LogP contribution in [0.5, 0.6) is 0 Å². The predicted octanol–water partition coefficient (Wildman–Crippen LogP) is 1.11. The number of nitrogens with two attached hydrogens (primary N) is 1. The SMILES string of the molecule is C=C(C)C(N)=O.CCC(C)(C)S(=O)(=O)O. The maximum atomic E-state index is 10.4. The van der Waals surface area contributed by atoms with Crippen LogP contribution < -0.4 is 5.73 Å². The smallest absolute Gasteiger partial charge is 0.270 e. The Morgan fingerprint density at radius 3 is 1.73 bits per heavy atom. The van der Waals surface area contributed by atoms with Gasteiger partial charge in [0.2, 0.25) is 5.91 Å². The van der Waals surface area contributed by atoms with Gasteiger partial charge in [0.25, 0.3) is 10.1 Å². The Kier molecular flexibility index (Phi) is 6.47. The van der Waals surface area contributed by atoms with E-state index in [0.717, 1.165) is 0 Å². The van der Waals surface area contributed by atoms with Crippen molar-refractivity contribution in [2.75, 3.05) is 0 Å². The van der Waals surface area contributed by atoms with Crippen LogP contribution in [0.3, 0.4) is 0 Å². The number of hydrogen-bond acceptors (Lipinski definition) is 3. The zero-order valence-corrected chi connectivity index (χ0v) is 10.4. The molecule has 0 aliphatic rings. The lowest BCUT2D eigenvalue weighted by molar-refractivity contribution is -0.114. The van der Waals surface area contributed by atoms with Gasteiger partial charge in [0, 0.05) is 5.57 Å². The summed E-state index contributed by atoms with van der Waals surface area (Å²) in [5, 5.41) is 0. The van der Waals surface area contributed by atoms with Gasteiger partial charge >= 0.3 is 0 Å². The molecule has 3 N–H and O–H groups in total. The molecule has 0 heterocycles. The molecule has 0 aromatic carbocycles. The standard InChI is InChI=1S/C5H12O3S.C4H7NO/c1-4-5(2,3)9(6,7)8;1-3(2)4(5)6/h4H2,1-3H3,(H,6,7,8);1H2,2H3,(H2,5,6). The first kappa shape index (κ1) is 16.5. The summed E-state index contributed by atoms with van der Waals surface area (Å²) in [5.74, 6) is -0.435. The van der Waals surface area contributed by atoms with Gasteiger partial charge in [-0.2, -0.15) is 8.42 Å². The molecule has 0 aromatic rings. The van der Waals surface area contributed by atoms with Crippen LogP contribution in [0, 0.1) is 0 Å². The largest absolute Gasteiger partial charge is 0.366 e. The first-order chi connectivity index (χ1) is 6.45. The van der Waals surface area contributed by atoms with Crippen molar-refractivity contribution >= 4 is 16.0 Å². The first-order valence-electron chi connectivity index (χ1n) is 4.38. The van der Waals surface area contributed by atoms with Gasteiger partial charge < -0.3 is 5.73 Å². The number of hydrogen-bond donors (Lipinski definition) is 2. The molecule has 0 radical (unpaired) electrons. The molecule has 0 aliphatic carbocycles. The van der Waals surface area contributed by atoms with E-state index in [4.69, 9.17) is 10.3 Å². The summed E-state index contributed by atoms with van der Waals surface area (Å²) in [5.41, 5.74) is 5.09. The summed E-state index contributed by atoms with van der Waals surface area (Å²) in [6, 6.07) is 0. The average molecular weight is 237 g/mol. The zero-order chi connectivity index (χ0) is 12.9. The van der Waals surface area contributed by atoms with E-state index in [1.807, 2.05) is 0 Å². The summed E-state index contributed by atoms with van der Waals surface area (Å²) in [6.45, 7) is 9.54. The highest BCUT2D eigenvalue weighted by Gasteiger charge is 2.29. The molecular formula is C9H19NO4S. The van der Waals surface area contributed by atoms with Crippen LogP contribution in [-0.2, 0) is 14.9 Å². The fourth-order valence-corrected chi connectivity index (χ4v) is 0.547. The lowest BCUT2D eigenvalue weighted by Gasteiger charge is -2.17. The second kappa shape index (κ2) is 5.87. The van der Waals surface area contributed by atoms with Gasteiger partial charge in [-0.05, 0) is 27.2 Å². The topological polar surface area (TPSA) is 97.5 Å². The molecule has 15 heavy (non-hydrogen) atoms. The van der Waals surface area contributed by atoms with Crippen molar-refractivity contribution in [2.45, 2.75) is 38.9 Å². The average Bonchev–Trinajstić information content (AvgIpc) is 2.03. The van der Waals surface area contributed by atoms with Gasteiger partial charge in [0.15, 0.2) is 0 Å². The quantitative estimate of drug-likeness (QED) is 0.567. The van der Waals surface area contributed by atoms with Crippen molar-refractivity contribution in [1.82, 2.24) is 0 Å². The molecule has 0 saturated carbocycles. The minimum absolute atomic E-state index is 0.398. The molecule has 0 rings (SSSR count). The van der Waals surface area contributed by atoms with Crippen molar-refractivity contribution in [1.29, 1.82) is 0 Å². The van der Waals surface area contributed by atoms with E-state index in [2.05, 4.69) is 6.58 Å². The molecule has 0 saturated heterocycles. The van der Waals surface area contributed by atoms with Gasteiger partial charge in [0.05, 0.1) is 4.75 Å². The first-order valence-corrected chi connectivity index (χ1v) is 5.82. The van der Waals surface area contributed by atoms with Crippen LogP contribution in [0.15, 0.2) is 12.2 Å². The Bertz CT molecular complexity index is 318. The van der Waals surface area contributed by atoms with Crippen molar-refractivity contribution in [2.24, 2.45) is 5.73 Å². The summed E-state index contributed by atoms with van der Waals surface area (Å²) >= 11 is 0. The van der Waals surface area contributed by atoms with E-state index in [1.54, 1.807) is 13.8 Å². The van der Waals surface area contributed by atoms with Gasteiger partial charge in [-0.25, -0.2) is 0 Å². The van der Waals surface area contributed by atoms with Crippen molar-refractivity contribution in [3.05, 3.63) is 12.2 Å². The Hall–Kier alpha value is -0.880. The molecule has 0 fully saturated rings. The van der Waals surface area contributed by atoms with Crippen LogP contribution in [0.1, 0.15) is 34.1 Å². The van der Waals surface area contributed by atoms with Crippen LogP contribution in [0.2, 0.25) is 0 Å². The van der Waals surface area contributed by atoms with Gasteiger partial charge in [0.1, 0.15) is 0 Å². The van der Waals surface area contributed by atoms with Crippen LogP contribution in [-0.4, -0.2) is 23.6 Å². The number of carbonyl (C=O) groups excluding carboxylic acids is 1. The summed E-state index contributed by atoms with van der Waals surface area (Å²) in [6.07, 6.45) is 0.422. The number of carbonyl (C=O) groups is 1. The summed E-state index contributed by atoms with van der Waals surface area (Å²) in [4.78, 5) is 9.82. The van der Waals surface area contributed by atoms with E-state index in [-0.39, 0.29) is 0 Å². The maximum Gasteiger partial charge on any atom is 0.270 e. The molecule has 1 amide bonds. The highest BCUT2D eigenvalue weighted by molar-refractivity contribution is 7.87. The third kappa shape index (κ3) is 7.10. The highest BCUT2D eigenvalue weighted by atomic mass is 32.2. The molecular weight excluding hydrogens is 218 g/mol. The third-order valence-electron chi connectivity index (χ3n) is 1.97. The van der Waals surface area contributed by atoms with Gasteiger partial charge in [-0.3, -0.25) is 9.35 Å².